The molecule has 0 spiro atoms. The maximum atomic E-state index is 10.8. The molecule has 100 valence electrons. The van der Waals surface area contributed by atoms with E-state index in [4.69, 9.17) is 0 Å². The largest absolute Gasteiger partial charge is 0.412 e. The first kappa shape index (κ1) is 18.1. The minimum Gasteiger partial charge on any atom is -0.412 e. The zero-order valence-electron chi connectivity index (χ0n) is 9.97. The molecule has 18 heavy (non-hydrogen) atoms. The number of hydroxylamine groups is 2. The van der Waals surface area contributed by atoms with Gasteiger partial charge in [-0.3, -0.25) is 14.4 Å². The fourth-order valence-corrected chi connectivity index (χ4v) is 0.785. The molecule has 2 N–H and O–H groups in total. The quantitative estimate of drug-likeness (QED) is 0.509. The minimum atomic E-state index is -0.807. The van der Waals surface area contributed by atoms with Gasteiger partial charge in [-0.15, -0.1) is 5.06 Å². The second-order valence-corrected chi connectivity index (χ2v) is 3.01. The van der Waals surface area contributed by atoms with Crippen LogP contribution in [0.2, 0.25) is 0 Å². The molecule has 1 aliphatic heterocycles. The van der Waals surface area contributed by atoms with Gasteiger partial charge in [0.05, 0.1) is 0 Å². The maximum absolute atomic E-state index is 10.8. The molecule has 7 heteroatoms. The van der Waals surface area contributed by atoms with Crippen molar-refractivity contribution in [2.75, 3.05) is 0 Å². The molecule has 0 aromatic heterocycles. The number of hydrogen-bond acceptors (Lipinski definition) is 5. The molecule has 1 fully saturated rings. The highest BCUT2D eigenvalue weighted by Crippen LogP contribution is 2.11. The zero-order valence-corrected chi connectivity index (χ0v) is 9.97. The summed E-state index contributed by atoms with van der Waals surface area (Å²) in [4.78, 5) is 46.3. The van der Waals surface area contributed by atoms with Gasteiger partial charge in [-0.25, -0.2) is 4.79 Å². The highest BCUT2D eigenvalue weighted by Gasteiger charge is 2.32. The van der Waals surface area contributed by atoms with E-state index in [1.54, 1.807) is 0 Å². The Bertz CT molecular complexity index is 358. The van der Waals surface area contributed by atoms with Crippen LogP contribution in [0.5, 0.6) is 0 Å². The van der Waals surface area contributed by atoms with E-state index in [2.05, 4.69) is 18.0 Å². The molecular formula is C11H15NO6. The first-order valence-electron chi connectivity index (χ1n) is 4.75. The van der Waals surface area contributed by atoms with Crippen molar-refractivity contribution in [1.29, 1.82) is 0 Å². The van der Waals surface area contributed by atoms with Crippen molar-refractivity contribution in [3.63, 3.8) is 0 Å². The number of amides is 2. The Kier molecular flexibility index (Phi) is 8.87. The van der Waals surface area contributed by atoms with Gasteiger partial charge < -0.3 is 10.3 Å². The first-order chi connectivity index (χ1) is 7.92. The molecule has 0 aliphatic carbocycles. The van der Waals surface area contributed by atoms with Crippen molar-refractivity contribution in [3.05, 3.63) is 25.3 Å². The minimum absolute atomic E-state index is 0. The van der Waals surface area contributed by atoms with Crippen LogP contribution >= 0.6 is 0 Å². The monoisotopic (exact) mass is 257 g/mol. The Morgan fingerprint density at radius 1 is 1.17 bits per heavy atom. The molecule has 2 amide bonds. The molecule has 0 aromatic rings. The van der Waals surface area contributed by atoms with Crippen LogP contribution in [-0.2, 0) is 24.0 Å². The second kappa shape index (κ2) is 8.82. The SMILES string of the molecule is C=CC(=O)ON1C(=O)CCC1=O.C=CC(C)=O.O. The summed E-state index contributed by atoms with van der Waals surface area (Å²) < 4.78 is 0. The maximum Gasteiger partial charge on any atom is 0.356 e. The zero-order chi connectivity index (χ0) is 13.4. The average Bonchev–Trinajstić information content (AvgIpc) is 2.61. The third-order valence-corrected chi connectivity index (χ3v) is 1.64. The Morgan fingerprint density at radius 3 is 1.83 bits per heavy atom. The predicted molar refractivity (Wildman–Crippen MR) is 61.9 cm³/mol. The first-order valence-corrected chi connectivity index (χ1v) is 4.75. The number of imide groups is 1. The van der Waals surface area contributed by atoms with Crippen LogP contribution in [0.25, 0.3) is 0 Å². The average molecular weight is 257 g/mol. The van der Waals surface area contributed by atoms with Gasteiger partial charge >= 0.3 is 5.97 Å². The lowest BCUT2D eigenvalue weighted by Crippen LogP contribution is -2.31. The van der Waals surface area contributed by atoms with E-state index in [-0.39, 0.29) is 24.1 Å². The third-order valence-electron chi connectivity index (χ3n) is 1.64. The molecule has 1 rings (SSSR count). The Hall–Kier alpha value is -2.28. The molecule has 0 saturated carbocycles. The fraction of sp³-hybridized carbons (Fsp3) is 0.273. The highest BCUT2D eigenvalue weighted by atomic mass is 16.7. The van der Waals surface area contributed by atoms with E-state index in [1.165, 1.54) is 13.0 Å². The predicted octanol–water partition coefficient (Wildman–Crippen LogP) is -0.284. The second-order valence-electron chi connectivity index (χ2n) is 3.01. The van der Waals surface area contributed by atoms with E-state index in [9.17, 15) is 19.2 Å². The van der Waals surface area contributed by atoms with Crippen molar-refractivity contribution in [1.82, 2.24) is 5.06 Å². The Labute approximate surface area is 104 Å². The number of carbonyl (C=O) groups is 4. The Morgan fingerprint density at radius 2 is 1.56 bits per heavy atom. The molecule has 1 heterocycles. The molecule has 0 aromatic carbocycles. The summed E-state index contributed by atoms with van der Waals surface area (Å²) in [5.41, 5.74) is 0. The lowest BCUT2D eigenvalue weighted by molar-refractivity contribution is -0.193. The number of hydrogen-bond donors (Lipinski definition) is 0. The summed E-state index contributed by atoms with van der Waals surface area (Å²) in [6.45, 7) is 7.80. The van der Waals surface area contributed by atoms with Gasteiger partial charge in [0.25, 0.3) is 11.8 Å². The van der Waals surface area contributed by atoms with Crippen LogP contribution in [0, 0.1) is 0 Å². The number of rotatable bonds is 3. The molecule has 0 atom stereocenters. The van der Waals surface area contributed by atoms with Gasteiger partial charge in [-0.05, 0) is 13.0 Å². The van der Waals surface area contributed by atoms with Crippen LogP contribution in [0.15, 0.2) is 25.3 Å². The summed E-state index contributed by atoms with van der Waals surface area (Å²) in [5.74, 6) is -1.77. The van der Waals surface area contributed by atoms with Crippen molar-refractivity contribution >= 4 is 23.6 Å². The summed E-state index contributed by atoms with van der Waals surface area (Å²) in [7, 11) is 0. The van der Waals surface area contributed by atoms with Gasteiger partial charge in [-0.1, -0.05) is 13.2 Å². The van der Waals surface area contributed by atoms with E-state index < -0.39 is 17.8 Å². The standard InChI is InChI=1S/C7H7NO4.C4H6O.H2O/c1-2-7(11)12-8-5(9)3-4-6(8)10;1-3-4(2)5;/h2H,1,3-4H2;3H,1H2,2H3;1H2. The van der Waals surface area contributed by atoms with Gasteiger partial charge in [0.15, 0.2) is 5.78 Å². The lowest BCUT2D eigenvalue weighted by atomic mass is 10.4. The van der Waals surface area contributed by atoms with Gasteiger partial charge in [0.1, 0.15) is 0 Å². The van der Waals surface area contributed by atoms with Crippen LogP contribution in [0.3, 0.4) is 0 Å². The molecule has 0 unspecified atom stereocenters. The highest BCUT2D eigenvalue weighted by molar-refractivity contribution is 6.02. The van der Waals surface area contributed by atoms with Crippen molar-refractivity contribution in [3.8, 4) is 0 Å². The molecule has 0 bridgehead atoms. The lowest BCUT2D eigenvalue weighted by Gasteiger charge is -2.09. The van der Waals surface area contributed by atoms with Crippen LogP contribution in [0.4, 0.5) is 0 Å². The topological polar surface area (TPSA) is 112 Å². The van der Waals surface area contributed by atoms with Crippen molar-refractivity contribution in [2.45, 2.75) is 19.8 Å². The van der Waals surface area contributed by atoms with E-state index in [1.807, 2.05) is 0 Å². The van der Waals surface area contributed by atoms with Crippen LogP contribution in [-0.4, -0.2) is 34.1 Å². The molecule has 1 aliphatic rings. The van der Waals surface area contributed by atoms with Crippen molar-refractivity contribution in [2.24, 2.45) is 0 Å². The normalized spacial score (nSPS) is 12.8. The molecule has 7 nitrogen and oxygen atoms in total. The number of nitrogens with zero attached hydrogens (tertiary/aromatic N) is 1. The molecule has 1 saturated heterocycles. The van der Waals surface area contributed by atoms with Crippen LogP contribution < -0.4 is 0 Å². The van der Waals surface area contributed by atoms with Gasteiger partial charge in [0.2, 0.25) is 0 Å². The third kappa shape index (κ3) is 6.33. The van der Waals surface area contributed by atoms with E-state index in [0.29, 0.717) is 5.06 Å². The summed E-state index contributed by atoms with van der Waals surface area (Å²) in [6.07, 6.45) is 2.37. The number of allylic oxidation sites excluding steroid dienone is 1. The summed E-state index contributed by atoms with van der Waals surface area (Å²) in [5, 5.41) is 0.476. The van der Waals surface area contributed by atoms with E-state index in [0.717, 1.165) is 6.08 Å². The number of carbonyl (C=O) groups excluding carboxylic acids is 4. The van der Waals surface area contributed by atoms with Gasteiger partial charge in [-0.2, -0.15) is 0 Å². The van der Waals surface area contributed by atoms with Gasteiger partial charge in [0, 0.05) is 18.9 Å². The number of ketones is 1. The van der Waals surface area contributed by atoms with Crippen molar-refractivity contribution < 1.29 is 29.5 Å². The smallest absolute Gasteiger partial charge is 0.356 e. The summed E-state index contributed by atoms with van der Waals surface area (Å²) in [6, 6.07) is 0. The van der Waals surface area contributed by atoms with Crippen LogP contribution in [0.1, 0.15) is 19.8 Å². The van der Waals surface area contributed by atoms with E-state index >= 15 is 0 Å². The molecule has 0 radical (unpaired) electrons. The fourth-order valence-electron chi connectivity index (χ4n) is 0.785. The summed E-state index contributed by atoms with van der Waals surface area (Å²) >= 11 is 0. The molecular weight excluding hydrogens is 242 g/mol. The Balaban J connectivity index is 0.